The van der Waals surface area contributed by atoms with E-state index in [2.05, 4.69) is 46.2 Å². The summed E-state index contributed by atoms with van der Waals surface area (Å²) >= 11 is 6.42. The van der Waals surface area contributed by atoms with E-state index in [1.807, 2.05) is 24.8 Å². The first-order chi connectivity index (χ1) is 21.7. The number of amides is 1. The van der Waals surface area contributed by atoms with Gasteiger partial charge in [0, 0.05) is 74.2 Å². The summed E-state index contributed by atoms with van der Waals surface area (Å²) in [6.45, 7) is 10.8. The molecule has 1 N–H and O–H groups in total. The maximum absolute atomic E-state index is 14.6. The Balaban J connectivity index is 1.43. The number of rotatable bonds is 6. The first-order valence-electron chi connectivity index (χ1n) is 15.6. The van der Waals surface area contributed by atoms with Crippen molar-refractivity contribution in [3.63, 3.8) is 0 Å². The lowest BCUT2D eigenvalue weighted by molar-refractivity contribution is -0.132. The van der Waals surface area contributed by atoms with Gasteiger partial charge in [-0.1, -0.05) is 30.7 Å². The van der Waals surface area contributed by atoms with Crippen LogP contribution >= 0.6 is 11.6 Å². The molecular formula is C34H39ClFN7O2. The van der Waals surface area contributed by atoms with Crippen LogP contribution in [0.15, 0.2) is 47.4 Å². The van der Waals surface area contributed by atoms with E-state index in [1.54, 1.807) is 22.9 Å². The number of anilines is 3. The van der Waals surface area contributed by atoms with Crippen LogP contribution in [0.5, 0.6) is 0 Å². The highest BCUT2D eigenvalue weighted by Crippen LogP contribution is 2.35. The van der Waals surface area contributed by atoms with Crippen LogP contribution in [0.25, 0.3) is 22.2 Å². The summed E-state index contributed by atoms with van der Waals surface area (Å²) in [6, 6.07) is 10.4. The molecule has 2 saturated heterocycles. The largest absolute Gasteiger partial charge is 0.369 e. The number of halogens is 2. The van der Waals surface area contributed by atoms with Crippen LogP contribution in [0.3, 0.4) is 0 Å². The third-order valence-electron chi connectivity index (χ3n) is 9.14. The highest BCUT2D eigenvalue weighted by Gasteiger charge is 2.29. The van der Waals surface area contributed by atoms with Gasteiger partial charge in [0.05, 0.1) is 16.6 Å². The molecule has 236 valence electrons. The number of nitrogens with zero attached hydrogens (tertiary/aromatic N) is 6. The molecule has 6 rings (SSSR count). The highest BCUT2D eigenvalue weighted by atomic mass is 35.5. The van der Waals surface area contributed by atoms with E-state index < -0.39 is 5.82 Å². The fourth-order valence-electron chi connectivity index (χ4n) is 6.63. The average Bonchev–Trinajstić information content (AvgIpc) is 3.03. The molecule has 2 aromatic carbocycles. The number of hydrogen-bond acceptors (Lipinski definition) is 7. The number of aryl methyl sites for hydroxylation is 2. The van der Waals surface area contributed by atoms with Crippen LogP contribution in [0, 0.1) is 19.7 Å². The molecule has 1 amide bonds. The third kappa shape index (κ3) is 6.01. The molecular weight excluding hydrogens is 593 g/mol. The molecule has 0 bridgehead atoms. The van der Waals surface area contributed by atoms with Crippen molar-refractivity contribution in [1.29, 1.82) is 0 Å². The Morgan fingerprint density at radius 2 is 1.89 bits per heavy atom. The zero-order valence-electron chi connectivity index (χ0n) is 26.2. The van der Waals surface area contributed by atoms with Crippen LogP contribution < -0.4 is 15.8 Å². The van der Waals surface area contributed by atoms with E-state index in [1.165, 1.54) is 11.8 Å². The maximum Gasteiger partial charge on any atom is 0.260 e. The summed E-state index contributed by atoms with van der Waals surface area (Å²) in [5, 5.41) is 3.90. The highest BCUT2D eigenvalue weighted by molar-refractivity contribution is 6.33. The second-order valence-corrected chi connectivity index (χ2v) is 12.5. The fraction of sp³-hybridized carbons (Fsp3) is 0.412. The standard InChI is InChI=1S/C34H39ClFN7O2/c1-5-29(44)42-13-7-8-24(20-42)43-32-26(22(3)30(33(43)45)25-9-6-10-27(36)31(25)35)19-37-34(39-32)38-23-11-12-28(21(2)18-23)41-16-14-40(4)15-17-41/h6,9-12,18-19,24H,5,7-8,13-17,20H2,1-4H3,(H,37,38,39)/t24-/m0/s1. The lowest BCUT2D eigenvalue weighted by atomic mass is 9.98. The first kappa shape index (κ1) is 31.0. The van der Waals surface area contributed by atoms with Crippen molar-refractivity contribution >= 4 is 45.9 Å². The summed E-state index contributed by atoms with van der Waals surface area (Å²) in [5.74, 6) is -0.192. The van der Waals surface area contributed by atoms with Gasteiger partial charge in [-0.05, 0) is 69.1 Å². The molecule has 2 aliphatic rings. The molecule has 45 heavy (non-hydrogen) atoms. The van der Waals surface area contributed by atoms with Crippen LogP contribution in [-0.2, 0) is 4.79 Å². The van der Waals surface area contributed by atoms with Crippen molar-refractivity contribution in [3.8, 4) is 11.1 Å². The average molecular weight is 632 g/mol. The molecule has 4 heterocycles. The van der Waals surface area contributed by atoms with Crippen molar-refractivity contribution in [2.45, 2.75) is 46.1 Å². The monoisotopic (exact) mass is 631 g/mol. The topological polar surface area (TPSA) is 86.6 Å². The molecule has 1 atom stereocenters. The van der Waals surface area contributed by atoms with Gasteiger partial charge < -0.3 is 20.0 Å². The molecule has 4 aromatic rings. The third-order valence-corrected chi connectivity index (χ3v) is 9.53. The number of carbonyl (C=O) groups excluding carboxylic acids is 1. The zero-order chi connectivity index (χ0) is 31.8. The number of likely N-dealkylation sites (N-methyl/N-ethyl adjacent to an activating group) is 1. The summed E-state index contributed by atoms with van der Waals surface area (Å²) in [4.78, 5) is 43.2. The Bertz CT molecular complexity index is 1820. The quantitative estimate of drug-likeness (QED) is 0.282. The van der Waals surface area contributed by atoms with E-state index in [9.17, 15) is 14.0 Å². The number of aromatic nitrogens is 3. The molecule has 0 unspecified atom stereocenters. The number of benzene rings is 2. The van der Waals surface area contributed by atoms with Gasteiger partial charge >= 0.3 is 0 Å². The number of piperidine rings is 1. The maximum atomic E-state index is 14.6. The van der Waals surface area contributed by atoms with Crippen molar-refractivity contribution < 1.29 is 9.18 Å². The first-order valence-corrected chi connectivity index (χ1v) is 16.0. The van der Waals surface area contributed by atoms with Gasteiger partial charge in [0.15, 0.2) is 0 Å². The molecule has 0 aliphatic carbocycles. The molecule has 0 spiro atoms. The molecule has 11 heteroatoms. The van der Waals surface area contributed by atoms with Crippen LogP contribution in [0.4, 0.5) is 21.7 Å². The van der Waals surface area contributed by atoms with Crippen molar-refractivity contribution in [2.24, 2.45) is 0 Å². The second kappa shape index (κ2) is 12.8. The van der Waals surface area contributed by atoms with Crippen molar-refractivity contribution in [2.75, 3.05) is 56.5 Å². The Hall–Kier alpha value is -4.02. The number of likely N-dealkylation sites (tertiary alicyclic amines) is 1. The minimum absolute atomic E-state index is 0.0462. The van der Waals surface area contributed by atoms with Crippen LogP contribution in [0.2, 0.25) is 5.02 Å². The molecule has 2 aliphatic heterocycles. The lowest BCUT2D eigenvalue weighted by Gasteiger charge is -2.35. The van der Waals surface area contributed by atoms with E-state index in [0.29, 0.717) is 59.6 Å². The number of hydrogen-bond donors (Lipinski definition) is 1. The Kier molecular flexibility index (Phi) is 8.79. The van der Waals surface area contributed by atoms with Gasteiger partial charge in [0.2, 0.25) is 11.9 Å². The van der Waals surface area contributed by atoms with Gasteiger partial charge in [-0.2, -0.15) is 4.98 Å². The molecule has 2 fully saturated rings. The van der Waals surface area contributed by atoms with Gasteiger partial charge in [-0.3, -0.25) is 14.2 Å². The summed E-state index contributed by atoms with van der Waals surface area (Å²) in [7, 11) is 2.15. The SMILES string of the molecule is CCC(=O)N1CCC[C@H](n2c(=O)c(-c3cccc(F)c3Cl)c(C)c3cnc(Nc4ccc(N5CCN(C)CC5)c(C)c4)nc32)C1. The predicted molar refractivity (Wildman–Crippen MR) is 178 cm³/mol. The lowest BCUT2D eigenvalue weighted by Crippen LogP contribution is -2.44. The number of piperazine rings is 1. The van der Waals surface area contributed by atoms with E-state index in [4.69, 9.17) is 16.6 Å². The van der Waals surface area contributed by atoms with E-state index >= 15 is 0 Å². The molecule has 2 aromatic heterocycles. The number of fused-ring (bicyclic) bond motifs is 1. The summed E-state index contributed by atoms with van der Waals surface area (Å²) < 4.78 is 16.3. The Morgan fingerprint density at radius 1 is 1.11 bits per heavy atom. The summed E-state index contributed by atoms with van der Waals surface area (Å²) in [6.07, 6.45) is 3.55. The van der Waals surface area contributed by atoms with E-state index in [0.717, 1.165) is 43.9 Å². The van der Waals surface area contributed by atoms with Gasteiger partial charge in [-0.15, -0.1) is 0 Å². The number of nitrogens with one attached hydrogen (secondary N) is 1. The van der Waals surface area contributed by atoms with Gasteiger partial charge in [0.25, 0.3) is 5.56 Å². The van der Waals surface area contributed by atoms with Gasteiger partial charge in [-0.25, -0.2) is 9.37 Å². The number of pyridine rings is 1. The normalized spacial score (nSPS) is 17.6. The number of carbonyl (C=O) groups is 1. The smallest absolute Gasteiger partial charge is 0.260 e. The molecule has 0 saturated carbocycles. The summed E-state index contributed by atoms with van der Waals surface area (Å²) in [5.41, 5.74) is 4.61. The van der Waals surface area contributed by atoms with Crippen molar-refractivity contribution in [3.05, 3.63) is 74.9 Å². The second-order valence-electron chi connectivity index (χ2n) is 12.1. The van der Waals surface area contributed by atoms with E-state index in [-0.39, 0.29) is 22.5 Å². The Morgan fingerprint density at radius 3 is 2.62 bits per heavy atom. The van der Waals surface area contributed by atoms with Crippen LogP contribution in [0.1, 0.15) is 43.4 Å². The predicted octanol–water partition coefficient (Wildman–Crippen LogP) is 5.94. The molecule has 0 radical (unpaired) electrons. The van der Waals surface area contributed by atoms with Crippen LogP contribution in [-0.4, -0.2) is 76.6 Å². The minimum atomic E-state index is -0.596. The molecule has 9 nitrogen and oxygen atoms in total. The minimum Gasteiger partial charge on any atom is -0.369 e. The van der Waals surface area contributed by atoms with Crippen molar-refractivity contribution in [1.82, 2.24) is 24.3 Å². The zero-order valence-corrected chi connectivity index (χ0v) is 27.0. The fourth-order valence-corrected chi connectivity index (χ4v) is 6.85. The Labute approximate surface area is 267 Å². The van der Waals surface area contributed by atoms with Gasteiger partial charge in [0.1, 0.15) is 11.5 Å².